The smallest absolute Gasteiger partial charge is 0.282 e. The SMILES string of the molecule is CN(C)NC(=O)c1cc(Br)c(Cl)[nH]1. The lowest BCUT2D eigenvalue weighted by Crippen LogP contribution is -2.36. The number of halogens is 2. The van der Waals surface area contributed by atoms with Crippen molar-refractivity contribution in [3.05, 3.63) is 21.4 Å². The number of H-pyrrole nitrogens is 1. The number of hydrogen-bond acceptors (Lipinski definition) is 2. The van der Waals surface area contributed by atoms with E-state index < -0.39 is 0 Å². The molecule has 0 aliphatic carbocycles. The molecule has 0 bridgehead atoms. The van der Waals surface area contributed by atoms with Gasteiger partial charge in [0.15, 0.2) is 0 Å². The Morgan fingerprint density at radius 3 is 2.69 bits per heavy atom. The second kappa shape index (κ2) is 4.13. The van der Waals surface area contributed by atoms with Gasteiger partial charge in [-0.2, -0.15) is 0 Å². The Labute approximate surface area is 89.3 Å². The van der Waals surface area contributed by atoms with E-state index in [1.54, 1.807) is 25.2 Å². The van der Waals surface area contributed by atoms with Crippen LogP contribution in [0, 0.1) is 0 Å². The van der Waals surface area contributed by atoms with Crippen molar-refractivity contribution in [1.82, 2.24) is 15.4 Å². The number of carbonyl (C=O) groups is 1. The van der Waals surface area contributed by atoms with Crippen molar-refractivity contribution in [3.63, 3.8) is 0 Å². The van der Waals surface area contributed by atoms with Crippen molar-refractivity contribution in [3.8, 4) is 0 Å². The van der Waals surface area contributed by atoms with Crippen molar-refractivity contribution in [2.24, 2.45) is 0 Å². The van der Waals surface area contributed by atoms with Crippen LogP contribution in [-0.4, -0.2) is 30.0 Å². The molecule has 2 N–H and O–H groups in total. The fourth-order valence-corrected chi connectivity index (χ4v) is 1.27. The molecule has 1 heterocycles. The Morgan fingerprint density at radius 2 is 2.31 bits per heavy atom. The van der Waals surface area contributed by atoms with E-state index in [1.165, 1.54) is 0 Å². The minimum absolute atomic E-state index is 0.224. The van der Waals surface area contributed by atoms with Crippen LogP contribution in [0.5, 0.6) is 0 Å². The molecule has 0 aliphatic heterocycles. The van der Waals surface area contributed by atoms with Gasteiger partial charge in [-0.1, -0.05) is 11.6 Å². The second-order valence-corrected chi connectivity index (χ2v) is 3.91. The van der Waals surface area contributed by atoms with E-state index in [4.69, 9.17) is 11.6 Å². The highest BCUT2D eigenvalue weighted by atomic mass is 79.9. The van der Waals surface area contributed by atoms with Gasteiger partial charge in [0.05, 0.1) is 4.47 Å². The van der Waals surface area contributed by atoms with E-state index in [0.717, 1.165) is 0 Å². The van der Waals surface area contributed by atoms with E-state index in [2.05, 4.69) is 26.3 Å². The van der Waals surface area contributed by atoms with Crippen LogP contribution < -0.4 is 5.43 Å². The lowest BCUT2D eigenvalue weighted by atomic mass is 10.4. The lowest BCUT2D eigenvalue weighted by molar-refractivity contribution is 0.0852. The summed E-state index contributed by atoms with van der Waals surface area (Å²) >= 11 is 8.91. The largest absolute Gasteiger partial charge is 0.341 e. The monoisotopic (exact) mass is 265 g/mol. The number of nitrogens with zero attached hydrogens (tertiary/aromatic N) is 1. The third-order valence-electron chi connectivity index (χ3n) is 1.29. The van der Waals surface area contributed by atoms with E-state index in [-0.39, 0.29) is 5.91 Å². The first kappa shape index (κ1) is 10.6. The fourth-order valence-electron chi connectivity index (χ4n) is 0.790. The lowest BCUT2D eigenvalue weighted by Gasteiger charge is -2.10. The minimum atomic E-state index is -0.224. The summed E-state index contributed by atoms with van der Waals surface area (Å²) in [6.45, 7) is 0. The number of hydrazine groups is 1. The van der Waals surface area contributed by atoms with Crippen LogP contribution in [0.1, 0.15) is 10.5 Å². The normalized spacial score (nSPS) is 10.5. The van der Waals surface area contributed by atoms with Crippen molar-refractivity contribution in [1.29, 1.82) is 0 Å². The summed E-state index contributed by atoms with van der Waals surface area (Å²) in [5, 5.41) is 1.98. The predicted molar refractivity (Wildman–Crippen MR) is 54.7 cm³/mol. The van der Waals surface area contributed by atoms with Gasteiger partial charge >= 0.3 is 0 Å². The van der Waals surface area contributed by atoms with Crippen LogP contribution in [0.2, 0.25) is 5.15 Å². The van der Waals surface area contributed by atoms with Gasteiger partial charge in [0.1, 0.15) is 10.8 Å². The number of rotatable bonds is 2. The van der Waals surface area contributed by atoms with E-state index in [9.17, 15) is 4.79 Å². The molecule has 0 unspecified atom stereocenters. The van der Waals surface area contributed by atoms with Crippen molar-refractivity contribution < 1.29 is 4.79 Å². The molecule has 0 atom stereocenters. The Balaban J connectivity index is 2.77. The number of aromatic amines is 1. The maximum Gasteiger partial charge on any atom is 0.282 e. The summed E-state index contributed by atoms with van der Waals surface area (Å²) in [5.74, 6) is -0.224. The summed E-state index contributed by atoms with van der Waals surface area (Å²) in [6, 6.07) is 1.63. The van der Waals surface area contributed by atoms with Crippen LogP contribution in [-0.2, 0) is 0 Å². The molecule has 0 spiro atoms. The molecule has 0 fully saturated rings. The summed E-state index contributed by atoms with van der Waals surface area (Å²) in [4.78, 5) is 14.1. The van der Waals surface area contributed by atoms with Crippen LogP contribution in [0.3, 0.4) is 0 Å². The average molecular weight is 267 g/mol. The van der Waals surface area contributed by atoms with Gasteiger partial charge in [-0.15, -0.1) is 0 Å². The molecule has 0 saturated carbocycles. The van der Waals surface area contributed by atoms with Crippen LogP contribution in [0.25, 0.3) is 0 Å². The van der Waals surface area contributed by atoms with Crippen molar-refractivity contribution in [2.75, 3.05) is 14.1 Å². The molecule has 72 valence electrons. The first-order chi connectivity index (χ1) is 6.00. The minimum Gasteiger partial charge on any atom is -0.341 e. The Hall–Kier alpha value is -0.520. The van der Waals surface area contributed by atoms with Gasteiger partial charge < -0.3 is 4.98 Å². The highest BCUT2D eigenvalue weighted by molar-refractivity contribution is 9.10. The zero-order valence-electron chi connectivity index (χ0n) is 7.19. The zero-order chi connectivity index (χ0) is 10.0. The highest BCUT2D eigenvalue weighted by Gasteiger charge is 2.10. The highest BCUT2D eigenvalue weighted by Crippen LogP contribution is 2.22. The summed E-state index contributed by atoms with van der Waals surface area (Å²) in [7, 11) is 3.47. The first-order valence-electron chi connectivity index (χ1n) is 3.53. The molecular formula is C7H9BrClN3O. The fraction of sp³-hybridized carbons (Fsp3) is 0.286. The van der Waals surface area contributed by atoms with Gasteiger partial charge in [-0.05, 0) is 22.0 Å². The third-order valence-corrected chi connectivity index (χ3v) is 2.45. The zero-order valence-corrected chi connectivity index (χ0v) is 9.53. The first-order valence-corrected chi connectivity index (χ1v) is 4.70. The van der Waals surface area contributed by atoms with Crippen molar-refractivity contribution in [2.45, 2.75) is 0 Å². The number of amides is 1. The maximum atomic E-state index is 11.4. The number of aromatic nitrogens is 1. The van der Waals surface area contributed by atoms with Gasteiger partial charge in [-0.25, -0.2) is 5.01 Å². The van der Waals surface area contributed by atoms with Crippen LogP contribution >= 0.6 is 27.5 Å². The van der Waals surface area contributed by atoms with Gasteiger partial charge in [0.2, 0.25) is 0 Å². The molecule has 0 radical (unpaired) electrons. The van der Waals surface area contributed by atoms with Gasteiger partial charge in [0, 0.05) is 14.1 Å². The number of nitrogens with one attached hydrogen (secondary N) is 2. The molecule has 6 heteroatoms. The van der Waals surface area contributed by atoms with E-state index >= 15 is 0 Å². The van der Waals surface area contributed by atoms with Crippen LogP contribution in [0.15, 0.2) is 10.5 Å². The van der Waals surface area contributed by atoms with Crippen LogP contribution in [0.4, 0.5) is 0 Å². The maximum absolute atomic E-state index is 11.4. The second-order valence-electron chi connectivity index (χ2n) is 2.68. The quantitative estimate of drug-likeness (QED) is 0.800. The predicted octanol–water partition coefficient (Wildman–Crippen LogP) is 1.64. The summed E-state index contributed by atoms with van der Waals surface area (Å²) < 4.78 is 0.679. The molecule has 13 heavy (non-hydrogen) atoms. The average Bonchev–Trinajstić information content (AvgIpc) is 2.31. The molecule has 0 saturated heterocycles. The molecule has 0 aromatic carbocycles. The standard InChI is InChI=1S/C7H9BrClN3O/c1-12(2)11-7(13)5-3-4(8)6(9)10-5/h3,10H,1-2H3,(H,11,13). The molecule has 4 nitrogen and oxygen atoms in total. The van der Waals surface area contributed by atoms with Crippen molar-refractivity contribution >= 4 is 33.4 Å². The molecule has 0 aliphatic rings. The molecule has 1 aromatic rings. The topological polar surface area (TPSA) is 48.1 Å². The Morgan fingerprint density at radius 1 is 1.69 bits per heavy atom. The third kappa shape index (κ3) is 2.72. The Bertz CT molecular complexity index is 304. The molecule has 1 amide bonds. The molecule has 1 aromatic heterocycles. The van der Waals surface area contributed by atoms with E-state index in [0.29, 0.717) is 15.3 Å². The summed E-state index contributed by atoms with van der Waals surface area (Å²) in [5.41, 5.74) is 3.01. The number of hydrogen-bond donors (Lipinski definition) is 2. The Kier molecular flexibility index (Phi) is 3.35. The molecule has 1 rings (SSSR count). The molecular weight excluding hydrogens is 257 g/mol. The van der Waals surface area contributed by atoms with Gasteiger partial charge in [0.25, 0.3) is 5.91 Å². The van der Waals surface area contributed by atoms with Gasteiger partial charge in [-0.3, -0.25) is 10.2 Å². The number of carbonyl (C=O) groups excluding carboxylic acids is 1. The van der Waals surface area contributed by atoms with E-state index in [1.807, 2.05) is 0 Å². The summed E-state index contributed by atoms with van der Waals surface area (Å²) in [6.07, 6.45) is 0.